The number of Topliss-reactive ketones (excluding diaryl/α,β-unsaturated/α-hetero) is 1. The number of ether oxygens (including phenoxy) is 4. The van der Waals surface area contributed by atoms with E-state index in [4.69, 9.17) is 18.9 Å². The lowest BCUT2D eigenvalue weighted by atomic mass is 9.80. The van der Waals surface area contributed by atoms with Gasteiger partial charge in [-0.2, -0.15) is 0 Å². The number of carbonyl (C=O) groups excluding carboxylic acids is 1. The van der Waals surface area contributed by atoms with Crippen molar-refractivity contribution in [2.45, 2.75) is 50.6 Å². The van der Waals surface area contributed by atoms with Gasteiger partial charge in [0.05, 0.1) is 19.8 Å². The van der Waals surface area contributed by atoms with Crippen LogP contribution in [-0.4, -0.2) is 36.8 Å². The molecule has 1 aromatic rings. The molecule has 5 nitrogen and oxygen atoms in total. The Morgan fingerprint density at radius 3 is 2.00 bits per heavy atom. The summed E-state index contributed by atoms with van der Waals surface area (Å²) in [5.41, 5.74) is -1.89. The van der Waals surface area contributed by atoms with Gasteiger partial charge >= 0.3 is 0 Å². The highest BCUT2D eigenvalue weighted by molar-refractivity contribution is 9.10. The van der Waals surface area contributed by atoms with E-state index in [1.165, 1.54) is 0 Å². The highest BCUT2D eigenvalue weighted by Gasteiger charge is 2.79. The summed E-state index contributed by atoms with van der Waals surface area (Å²) in [5.74, 6) is 1.19. The third-order valence-electron chi connectivity index (χ3n) is 4.68. The first-order valence-electron chi connectivity index (χ1n) is 7.45. The molecule has 0 aliphatic carbocycles. The molecule has 126 valence electrons. The van der Waals surface area contributed by atoms with E-state index < -0.39 is 22.9 Å². The summed E-state index contributed by atoms with van der Waals surface area (Å²) >= 11 is 3.43. The Bertz CT molecular complexity index is 657. The summed E-state index contributed by atoms with van der Waals surface area (Å²) in [6.45, 7) is 7.33. The quantitative estimate of drug-likeness (QED) is 0.747. The van der Waals surface area contributed by atoms with E-state index in [2.05, 4.69) is 15.9 Å². The second-order valence-electron chi connectivity index (χ2n) is 6.91. The molecule has 2 aliphatic heterocycles. The van der Waals surface area contributed by atoms with Crippen molar-refractivity contribution in [3.8, 4) is 11.5 Å². The fourth-order valence-electron chi connectivity index (χ4n) is 3.69. The number of hydrogen-bond acceptors (Lipinski definition) is 5. The van der Waals surface area contributed by atoms with Crippen LogP contribution in [0.1, 0.15) is 39.4 Å². The molecule has 0 N–H and O–H groups in total. The van der Waals surface area contributed by atoms with Gasteiger partial charge in [0.15, 0.2) is 5.60 Å². The molecule has 0 bridgehead atoms. The molecule has 23 heavy (non-hydrogen) atoms. The molecule has 2 aliphatic rings. The molecule has 2 unspecified atom stereocenters. The molecule has 0 radical (unpaired) electrons. The van der Waals surface area contributed by atoms with Crippen LogP contribution >= 0.6 is 15.9 Å². The van der Waals surface area contributed by atoms with Crippen molar-refractivity contribution in [1.29, 1.82) is 0 Å². The fraction of sp³-hybridized carbons (Fsp3) is 0.588. The average molecular weight is 385 g/mol. The van der Waals surface area contributed by atoms with Gasteiger partial charge in [-0.1, -0.05) is 15.9 Å². The van der Waals surface area contributed by atoms with Gasteiger partial charge in [-0.3, -0.25) is 4.79 Å². The second-order valence-corrected chi connectivity index (χ2v) is 7.83. The first-order valence-corrected chi connectivity index (χ1v) is 8.24. The normalized spacial score (nSPS) is 30.6. The number of carbonyl (C=O) groups is 1. The Morgan fingerprint density at radius 1 is 1.09 bits per heavy atom. The maximum atomic E-state index is 12.9. The van der Waals surface area contributed by atoms with E-state index in [0.717, 1.165) is 10.0 Å². The highest BCUT2D eigenvalue weighted by atomic mass is 79.9. The Kier molecular flexibility index (Phi) is 3.60. The van der Waals surface area contributed by atoms with E-state index in [1.54, 1.807) is 28.1 Å². The van der Waals surface area contributed by atoms with Crippen LogP contribution in [-0.2, 0) is 14.3 Å². The van der Waals surface area contributed by atoms with Gasteiger partial charge in [0.25, 0.3) is 0 Å². The molecular formula is C17H21BrO5. The van der Waals surface area contributed by atoms with Gasteiger partial charge < -0.3 is 18.9 Å². The van der Waals surface area contributed by atoms with Crippen LogP contribution in [0.2, 0.25) is 0 Å². The summed E-state index contributed by atoms with van der Waals surface area (Å²) < 4.78 is 23.8. The van der Waals surface area contributed by atoms with Crippen LogP contribution < -0.4 is 9.47 Å². The van der Waals surface area contributed by atoms with Crippen LogP contribution in [0, 0.1) is 0 Å². The largest absolute Gasteiger partial charge is 0.496 e. The predicted molar refractivity (Wildman–Crippen MR) is 88.1 cm³/mol. The van der Waals surface area contributed by atoms with Gasteiger partial charge in [-0.05, 0) is 39.8 Å². The lowest BCUT2D eigenvalue weighted by molar-refractivity contribution is -0.132. The zero-order chi connectivity index (χ0) is 17.2. The zero-order valence-electron chi connectivity index (χ0n) is 14.2. The molecule has 0 amide bonds. The van der Waals surface area contributed by atoms with Crippen molar-refractivity contribution in [3.05, 3.63) is 22.2 Å². The summed E-state index contributed by atoms with van der Waals surface area (Å²) in [7, 11) is 3.17. The van der Waals surface area contributed by atoms with Crippen molar-refractivity contribution in [1.82, 2.24) is 0 Å². The van der Waals surface area contributed by atoms with Crippen LogP contribution in [0.4, 0.5) is 0 Å². The van der Waals surface area contributed by atoms with E-state index >= 15 is 0 Å². The molecule has 0 saturated carbocycles. The minimum Gasteiger partial charge on any atom is -0.496 e. The van der Waals surface area contributed by atoms with E-state index in [9.17, 15) is 4.79 Å². The van der Waals surface area contributed by atoms with Crippen LogP contribution in [0.3, 0.4) is 0 Å². The number of methoxy groups -OCH3 is 2. The molecule has 6 heteroatoms. The average Bonchev–Trinajstić information content (AvgIpc) is 3.18. The first kappa shape index (κ1) is 16.7. The Labute approximate surface area is 144 Å². The van der Waals surface area contributed by atoms with Gasteiger partial charge in [-0.15, -0.1) is 0 Å². The van der Waals surface area contributed by atoms with Gasteiger partial charge in [0.1, 0.15) is 28.8 Å². The zero-order valence-corrected chi connectivity index (χ0v) is 15.7. The van der Waals surface area contributed by atoms with Gasteiger partial charge in [-0.25, -0.2) is 0 Å². The monoisotopic (exact) mass is 384 g/mol. The maximum Gasteiger partial charge on any atom is 0.201 e. The third-order valence-corrected chi connectivity index (χ3v) is 5.13. The first-order chi connectivity index (χ1) is 10.6. The summed E-state index contributed by atoms with van der Waals surface area (Å²) in [4.78, 5) is 12.9. The Balaban J connectivity index is 2.12. The second kappa shape index (κ2) is 4.94. The molecule has 3 rings (SSSR count). The number of hydrogen-bond donors (Lipinski definition) is 0. The molecule has 2 atom stereocenters. The van der Waals surface area contributed by atoms with Crippen molar-refractivity contribution in [2.24, 2.45) is 0 Å². The predicted octanol–water partition coefficient (Wildman–Crippen LogP) is 3.43. The molecular weight excluding hydrogens is 364 g/mol. The summed E-state index contributed by atoms with van der Waals surface area (Å²) in [6, 6.07) is 3.68. The van der Waals surface area contributed by atoms with Crippen LogP contribution in [0.25, 0.3) is 0 Å². The molecule has 1 aromatic carbocycles. The van der Waals surface area contributed by atoms with Crippen LogP contribution in [0.5, 0.6) is 11.5 Å². The topological polar surface area (TPSA) is 57.3 Å². The number of halogens is 1. The van der Waals surface area contributed by atoms with Crippen molar-refractivity contribution >= 4 is 21.7 Å². The SMILES string of the molecule is COc1cc(Br)cc(OC)c1C1OC12C(=O)C(C)(C)OC2(C)C. The fourth-order valence-corrected chi connectivity index (χ4v) is 4.11. The minimum atomic E-state index is -1.01. The lowest BCUT2D eigenvalue weighted by Gasteiger charge is -2.24. The number of benzene rings is 1. The Morgan fingerprint density at radius 2 is 1.61 bits per heavy atom. The minimum absolute atomic E-state index is 0.0491. The van der Waals surface area contributed by atoms with Crippen LogP contribution in [0.15, 0.2) is 16.6 Å². The van der Waals surface area contributed by atoms with E-state index in [-0.39, 0.29) is 5.78 Å². The van der Waals surface area contributed by atoms with Gasteiger partial charge in [0.2, 0.25) is 5.78 Å². The highest BCUT2D eigenvalue weighted by Crippen LogP contribution is 2.66. The lowest BCUT2D eigenvalue weighted by Crippen LogP contribution is -2.41. The summed E-state index contributed by atoms with van der Waals surface area (Å²) in [6.07, 6.45) is -0.454. The summed E-state index contributed by atoms with van der Waals surface area (Å²) in [5, 5.41) is 0. The molecule has 2 heterocycles. The molecule has 2 saturated heterocycles. The number of epoxide rings is 1. The third kappa shape index (κ3) is 2.15. The van der Waals surface area contributed by atoms with Crippen molar-refractivity contribution in [3.63, 3.8) is 0 Å². The van der Waals surface area contributed by atoms with E-state index in [1.807, 2.05) is 26.0 Å². The van der Waals surface area contributed by atoms with E-state index in [0.29, 0.717) is 11.5 Å². The van der Waals surface area contributed by atoms with Crippen molar-refractivity contribution in [2.75, 3.05) is 14.2 Å². The Hall–Kier alpha value is -1.11. The molecule has 2 fully saturated rings. The maximum absolute atomic E-state index is 12.9. The van der Waals surface area contributed by atoms with Crippen molar-refractivity contribution < 1.29 is 23.7 Å². The molecule has 1 spiro atoms. The molecule has 0 aromatic heterocycles. The standard InChI is InChI=1S/C17H21BrO5/c1-15(2)14(19)17(16(3,4)23-15)13(22-17)12-10(20-5)7-9(18)8-11(12)21-6/h7-8,13H,1-6H3. The van der Waals surface area contributed by atoms with Gasteiger partial charge in [0, 0.05) is 4.47 Å². The smallest absolute Gasteiger partial charge is 0.201 e. The number of rotatable bonds is 3. The number of ketones is 1.